The lowest BCUT2D eigenvalue weighted by Crippen LogP contribution is -2.65. The monoisotopic (exact) mass is 953 g/mol. The fourth-order valence-electron chi connectivity index (χ4n) is 9.89. The first kappa shape index (κ1) is 51.1. The fourth-order valence-corrected chi connectivity index (χ4v) is 10.2. The maximum Gasteiger partial charge on any atom is 0.482 e. The summed E-state index contributed by atoms with van der Waals surface area (Å²) < 4.78 is 41.5. The number of piperazine rings is 1. The fraction of sp³-hybridized carbons (Fsp3) is 0.617. The molecule has 20 heteroatoms. The molecule has 2 aliphatic heterocycles. The van der Waals surface area contributed by atoms with E-state index in [0.29, 0.717) is 11.5 Å². The first-order valence-electron chi connectivity index (χ1n) is 22.6. The largest absolute Gasteiger partial charge is 0.496 e. The van der Waals surface area contributed by atoms with Gasteiger partial charge in [0.15, 0.2) is 11.5 Å². The maximum atomic E-state index is 15.1. The molecule has 18 nitrogen and oxygen atoms in total. The summed E-state index contributed by atoms with van der Waals surface area (Å²) in [6.07, 6.45) is 0.779. The highest BCUT2D eigenvalue weighted by atomic mass is 35.5. The van der Waals surface area contributed by atoms with Gasteiger partial charge in [-0.25, -0.2) is 14.4 Å². The van der Waals surface area contributed by atoms with Gasteiger partial charge in [0.25, 0.3) is 0 Å². The van der Waals surface area contributed by atoms with E-state index in [9.17, 15) is 24.0 Å². The van der Waals surface area contributed by atoms with Crippen molar-refractivity contribution in [1.29, 1.82) is 0 Å². The van der Waals surface area contributed by atoms with Gasteiger partial charge in [0.1, 0.15) is 28.6 Å². The van der Waals surface area contributed by atoms with Crippen molar-refractivity contribution in [3.8, 4) is 17.2 Å². The third kappa shape index (κ3) is 10.6. The Labute approximate surface area is 397 Å². The number of imide groups is 1. The molecule has 2 aromatic rings. The second-order valence-corrected chi connectivity index (χ2v) is 20.8. The molecule has 2 heterocycles. The Kier molecular flexibility index (Phi) is 14.8. The zero-order valence-corrected chi connectivity index (χ0v) is 41.5. The number of benzene rings is 2. The van der Waals surface area contributed by atoms with Crippen LogP contribution in [0.15, 0.2) is 30.3 Å². The first-order chi connectivity index (χ1) is 31.2. The summed E-state index contributed by atoms with van der Waals surface area (Å²) in [7, 11) is 3.20. The van der Waals surface area contributed by atoms with Crippen molar-refractivity contribution in [3.63, 3.8) is 0 Å². The van der Waals surface area contributed by atoms with E-state index in [1.54, 1.807) is 66.7 Å². The number of halogens is 1. The maximum absolute atomic E-state index is 15.1. The van der Waals surface area contributed by atoms with Gasteiger partial charge in [0.2, 0.25) is 5.91 Å². The number of para-hydroxylation sites is 1. The standard InChI is InChI=1S/C47H65BClN5O13/c1-25-24-53(20-19-50-43(60)65-45(5,6)7)39(56)40(57)54(25)42(59)52-35(28-17-18-30(61-11)37(63-13)34(28)49)38(55)51-33(48-66-32-23-27-22-31(46(27,8)9)47(32,10)67-48)21-26-15-14-16-29(36(26)62-12)41(58)64-44(2,3)4/h14-18,25,27,31-33,35H,19-24H2,1-13H3,(H,50,60)(H,51,55)(H,52,59)/t25-,27-,31-,32+,33-,35?,47-/m0/s1. The molecule has 6 amide bonds. The van der Waals surface area contributed by atoms with Gasteiger partial charge in [-0.3, -0.25) is 19.3 Å². The van der Waals surface area contributed by atoms with E-state index >= 15 is 4.79 Å². The van der Waals surface area contributed by atoms with Crippen molar-refractivity contribution < 1.29 is 61.8 Å². The molecule has 3 saturated carbocycles. The number of nitrogens with one attached hydrogen (secondary N) is 3. The van der Waals surface area contributed by atoms with Gasteiger partial charge in [-0.05, 0) is 110 Å². The molecule has 7 atom stereocenters. The van der Waals surface area contributed by atoms with Gasteiger partial charge in [-0.1, -0.05) is 43.6 Å². The number of esters is 1. The lowest BCUT2D eigenvalue weighted by Gasteiger charge is -2.64. The molecular weight excluding hydrogens is 889 g/mol. The second-order valence-electron chi connectivity index (χ2n) is 20.4. The zero-order chi connectivity index (χ0) is 49.6. The molecule has 3 aliphatic carbocycles. The van der Waals surface area contributed by atoms with E-state index in [4.69, 9.17) is 44.6 Å². The van der Waals surface area contributed by atoms with Gasteiger partial charge in [-0.15, -0.1) is 0 Å². The van der Waals surface area contributed by atoms with Crippen molar-refractivity contribution in [2.24, 2.45) is 17.3 Å². The third-order valence-electron chi connectivity index (χ3n) is 13.2. The highest BCUT2D eigenvalue weighted by Gasteiger charge is 2.68. The predicted molar refractivity (Wildman–Crippen MR) is 247 cm³/mol. The summed E-state index contributed by atoms with van der Waals surface area (Å²) in [5.74, 6) is -3.35. The number of carbonyl (C=O) groups excluding carboxylic acids is 6. The van der Waals surface area contributed by atoms with Gasteiger partial charge < -0.3 is 53.8 Å². The number of hydrogen-bond acceptors (Lipinski definition) is 13. The summed E-state index contributed by atoms with van der Waals surface area (Å²) in [5, 5.41) is 8.25. The Morgan fingerprint density at radius 2 is 1.57 bits per heavy atom. The second kappa shape index (κ2) is 19.4. The number of rotatable bonds is 14. The molecule has 0 radical (unpaired) electrons. The normalized spacial score (nSPS) is 24.1. The van der Waals surface area contributed by atoms with Crippen molar-refractivity contribution in [1.82, 2.24) is 25.8 Å². The van der Waals surface area contributed by atoms with Crippen LogP contribution in [-0.4, -0.2) is 129 Å². The van der Waals surface area contributed by atoms with Crippen LogP contribution in [-0.2, 0) is 39.6 Å². The Morgan fingerprint density at radius 3 is 2.18 bits per heavy atom. The van der Waals surface area contributed by atoms with Crippen LogP contribution >= 0.6 is 11.6 Å². The quantitative estimate of drug-likeness (QED) is 0.119. The molecule has 0 spiro atoms. The molecule has 2 saturated heterocycles. The van der Waals surface area contributed by atoms with Crippen molar-refractivity contribution >= 4 is 54.5 Å². The molecule has 0 aromatic heterocycles. The molecule has 7 rings (SSSR count). The number of alkyl carbamates (subject to hydrolysis) is 1. The lowest BCUT2D eigenvalue weighted by atomic mass is 9.43. The van der Waals surface area contributed by atoms with Crippen LogP contribution in [0.5, 0.6) is 17.2 Å². The lowest BCUT2D eigenvalue weighted by molar-refractivity contribution is -0.199. The van der Waals surface area contributed by atoms with Gasteiger partial charge >= 0.3 is 37.0 Å². The summed E-state index contributed by atoms with van der Waals surface area (Å²) in [4.78, 5) is 84.4. The number of nitrogens with zero attached hydrogens (tertiary/aromatic N) is 2. The molecule has 67 heavy (non-hydrogen) atoms. The van der Waals surface area contributed by atoms with Crippen LogP contribution in [0.1, 0.15) is 110 Å². The predicted octanol–water partition coefficient (Wildman–Crippen LogP) is 5.65. The topological polar surface area (TPSA) is 210 Å². The van der Waals surface area contributed by atoms with Crippen molar-refractivity contribution in [3.05, 3.63) is 52.0 Å². The number of methoxy groups -OCH3 is 3. The molecular formula is C47H65BClN5O13. The number of carbonyl (C=O) groups is 6. The summed E-state index contributed by atoms with van der Waals surface area (Å²) in [5.41, 5.74) is -1.45. The van der Waals surface area contributed by atoms with E-state index in [1.165, 1.54) is 38.4 Å². The van der Waals surface area contributed by atoms with E-state index in [0.717, 1.165) is 17.7 Å². The zero-order valence-electron chi connectivity index (χ0n) is 40.8. The van der Waals surface area contributed by atoms with E-state index in [-0.39, 0.29) is 76.9 Å². The Morgan fingerprint density at radius 1 is 0.896 bits per heavy atom. The van der Waals surface area contributed by atoms with Gasteiger partial charge in [-0.2, -0.15) is 0 Å². The molecule has 3 N–H and O–H groups in total. The van der Waals surface area contributed by atoms with Crippen LogP contribution in [0.25, 0.3) is 0 Å². The van der Waals surface area contributed by atoms with Crippen LogP contribution in [0.4, 0.5) is 9.59 Å². The SMILES string of the molecule is COc1ccc(C(NC(=O)N2C(=O)C(=O)N(CCNC(=O)OC(C)(C)C)C[C@@H]2C)C(=O)N[C@@H](Cc2cccc(C(=O)OC(C)(C)C)c2OC)B2O[C@@H]3C[C@@H]4C[C@@H](C4(C)C)[C@]3(C)O2)c(Cl)c1OC. The smallest absolute Gasteiger partial charge is 0.482 e. The first-order valence-corrected chi connectivity index (χ1v) is 22.9. The van der Waals surface area contributed by atoms with Crippen molar-refractivity contribution in [2.45, 2.75) is 129 Å². The average molecular weight is 954 g/mol. The molecule has 2 aromatic carbocycles. The molecule has 1 unspecified atom stereocenters. The molecule has 366 valence electrons. The molecule has 5 aliphatic rings. The molecule has 5 fully saturated rings. The van der Waals surface area contributed by atoms with Gasteiger partial charge in [0, 0.05) is 25.2 Å². The number of ether oxygens (including phenoxy) is 5. The minimum absolute atomic E-state index is 0.00513. The highest BCUT2D eigenvalue weighted by molar-refractivity contribution is 6.48. The Bertz CT molecular complexity index is 2270. The minimum atomic E-state index is -1.62. The van der Waals surface area contributed by atoms with Crippen molar-refractivity contribution in [2.75, 3.05) is 41.0 Å². The summed E-state index contributed by atoms with van der Waals surface area (Å²) >= 11 is 6.95. The Hall–Kier alpha value is -5.27. The van der Waals surface area contributed by atoms with Crippen LogP contribution in [0.2, 0.25) is 5.02 Å². The minimum Gasteiger partial charge on any atom is -0.496 e. The van der Waals surface area contributed by atoms with Crippen LogP contribution < -0.4 is 30.2 Å². The highest BCUT2D eigenvalue weighted by Crippen LogP contribution is 2.65. The number of hydrogen-bond donors (Lipinski definition) is 3. The summed E-state index contributed by atoms with van der Waals surface area (Å²) in [6.45, 7) is 18.4. The molecule has 2 bridgehead atoms. The van der Waals surface area contributed by atoms with Crippen LogP contribution in [0.3, 0.4) is 0 Å². The van der Waals surface area contributed by atoms with E-state index in [2.05, 4.69) is 29.8 Å². The summed E-state index contributed by atoms with van der Waals surface area (Å²) in [6, 6.07) is 4.50. The number of urea groups is 1. The Balaban J connectivity index is 1.33. The van der Waals surface area contributed by atoms with E-state index in [1.807, 2.05) is 6.92 Å². The average Bonchev–Trinajstić information content (AvgIpc) is 3.60. The third-order valence-corrected chi connectivity index (χ3v) is 13.6. The van der Waals surface area contributed by atoms with Gasteiger partial charge in [0.05, 0.1) is 50.0 Å². The van der Waals surface area contributed by atoms with Crippen LogP contribution in [0, 0.1) is 17.3 Å². The van der Waals surface area contributed by atoms with E-state index < -0.39 is 77.8 Å². The number of amides is 6.